The highest BCUT2D eigenvalue weighted by atomic mass is 32.2. The van der Waals surface area contributed by atoms with E-state index in [1.807, 2.05) is 35.0 Å². The molecular formula is C22H20N2O4S3. The number of hydrogen-bond acceptors (Lipinski definition) is 6. The van der Waals surface area contributed by atoms with Crippen molar-refractivity contribution in [3.05, 3.63) is 98.8 Å². The van der Waals surface area contributed by atoms with E-state index >= 15 is 0 Å². The van der Waals surface area contributed by atoms with Crippen molar-refractivity contribution in [2.75, 3.05) is 0 Å². The molecule has 6 nitrogen and oxygen atoms in total. The molecule has 0 spiro atoms. The van der Waals surface area contributed by atoms with Crippen LogP contribution in [-0.4, -0.2) is 19.2 Å². The number of nitrogens with one attached hydrogen (secondary N) is 1. The quantitative estimate of drug-likeness (QED) is 0.382. The zero-order chi connectivity index (χ0) is 21.7. The molecule has 3 heterocycles. The topological polar surface area (TPSA) is 79.6 Å². The Kier molecular flexibility index (Phi) is 6.67. The lowest BCUT2D eigenvalue weighted by Gasteiger charge is -2.22. The molecule has 4 aromatic rings. The van der Waals surface area contributed by atoms with Crippen molar-refractivity contribution in [1.82, 2.24) is 9.62 Å². The average molecular weight is 473 g/mol. The van der Waals surface area contributed by atoms with E-state index in [0.717, 1.165) is 9.75 Å². The van der Waals surface area contributed by atoms with E-state index in [-0.39, 0.29) is 17.3 Å². The Morgan fingerprint density at radius 3 is 2.06 bits per heavy atom. The molecule has 0 bridgehead atoms. The molecule has 1 N–H and O–H groups in total. The van der Waals surface area contributed by atoms with Crippen LogP contribution < -0.4 is 4.72 Å². The monoisotopic (exact) mass is 472 g/mol. The van der Waals surface area contributed by atoms with Crippen LogP contribution in [-0.2, 0) is 29.7 Å². The van der Waals surface area contributed by atoms with Crippen LogP contribution in [0.5, 0.6) is 0 Å². The molecule has 4 rings (SSSR count). The van der Waals surface area contributed by atoms with E-state index in [0.29, 0.717) is 24.4 Å². The Balaban J connectivity index is 1.49. The van der Waals surface area contributed by atoms with Crippen LogP contribution >= 0.6 is 22.7 Å². The predicted molar refractivity (Wildman–Crippen MR) is 121 cm³/mol. The van der Waals surface area contributed by atoms with Gasteiger partial charge in [-0.25, -0.2) is 13.1 Å². The molecule has 31 heavy (non-hydrogen) atoms. The van der Waals surface area contributed by atoms with Crippen LogP contribution in [0.15, 0.2) is 87.0 Å². The molecule has 3 aromatic heterocycles. The molecular weight excluding hydrogens is 452 g/mol. The van der Waals surface area contributed by atoms with Gasteiger partial charge in [-0.05, 0) is 59.3 Å². The van der Waals surface area contributed by atoms with Gasteiger partial charge in [-0.15, -0.1) is 22.7 Å². The first-order valence-corrected chi connectivity index (χ1v) is 12.7. The van der Waals surface area contributed by atoms with E-state index < -0.39 is 10.0 Å². The van der Waals surface area contributed by atoms with Gasteiger partial charge in [0.15, 0.2) is 0 Å². The zero-order valence-electron chi connectivity index (χ0n) is 16.4. The lowest BCUT2D eigenvalue weighted by molar-refractivity contribution is 0.0733. The molecule has 1 amide bonds. The summed E-state index contributed by atoms with van der Waals surface area (Å²) in [4.78, 5) is 17.2. The third-order valence-electron chi connectivity index (χ3n) is 4.57. The van der Waals surface area contributed by atoms with Gasteiger partial charge in [-0.1, -0.05) is 12.1 Å². The molecule has 0 saturated carbocycles. The minimum atomic E-state index is -3.71. The van der Waals surface area contributed by atoms with Gasteiger partial charge in [0.2, 0.25) is 10.0 Å². The SMILES string of the molecule is O=C(c1ccc(S(=O)(=O)NCc2ccco2)cc1)N(Cc1cccs1)Cc1cccs1. The number of rotatable bonds is 9. The molecule has 0 atom stereocenters. The van der Waals surface area contributed by atoms with Crippen LogP contribution in [0.25, 0.3) is 0 Å². The molecule has 0 aliphatic heterocycles. The molecule has 0 saturated heterocycles. The Morgan fingerprint density at radius 2 is 1.55 bits per heavy atom. The van der Waals surface area contributed by atoms with E-state index in [9.17, 15) is 13.2 Å². The summed E-state index contributed by atoms with van der Waals surface area (Å²) in [5, 5.41) is 3.97. The zero-order valence-corrected chi connectivity index (χ0v) is 18.9. The lowest BCUT2D eigenvalue weighted by atomic mass is 10.2. The van der Waals surface area contributed by atoms with Gasteiger partial charge < -0.3 is 9.32 Å². The van der Waals surface area contributed by atoms with Crippen molar-refractivity contribution in [3.8, 4) is 0 Å². The molecule has 0 aliphatic rings. The number of furan rings is 1. The summed E-state index contributed by atoms with van der Waals surface area (Å²) in [7, 11) is -3.71. The number of amides is 1. The van der Waals surface area contributed by atoms with Crippen molar-refractivity contribution in [2.24, 2.45) is 0 Å². The molecule has 0 unspecified atom stereocenters. The second-order valence-electron chi connectivity index (χ2n) is 6.75. The fraction of sp³-hybridized carbons (Fsp3) is 0.136. The minimum Gasteiger partial charge on any atom is -0.468 e. The van der Waals surface area contributed by atoms with Gasteiger partial charge in [0, 0.05) is 15.3 Å². The van der Waals surface area contributed by atoms with Crippen LogP contribution in [0.2, 0.25) is 0 Å². The Labute approximate surface area is 188 Å². The molecule has 160 valence electrons. The lowest BCUT2D eigenvalue weighted by Crippen LogP contribution is -2.29. The fourth-order valence-electron chi connectivity index (χ4n) is 3.00. The summed E-state index contributed by atoms with van der Waals surface area (Å²) >= 11 is 3.20. The van der Waals surface area contributed by atoms with E-state index in [2.05, 4.69) is 4.72 Å². The third-order valence-corrected chi connectivity index (χ3v) is 7.71. The number of thiophene rings is 2. The number of benzene rings is 1. The van der Waals surface area contributed by atoms with Crippen LogP contribution in [0, 0.1) is 0 Å². The number of nitrogens with zero attached hydrogens (tertiary/aromatic N) is 1. The molecule has 0 aliphatic carbocycles. The summed E-state index contributed by atoms with van der Waals surface area (Å²) in [6.45, 7) is 1.06. The smallest absolute Gasteiger partial charge is 0.254 e. The largest absolute Gasteiger partial charge is 0.468 e. The summed E-state index contributed by atoms with van der Waals surface area (Å²) in [5.74, 6) is 0.377. The highest BCUT2D eigenvalue weighted by Crippen LogP contribution is 2.20. The minimum absolute atomic E-state index is 0.0609. The first-order chi connectivity index (χ1) is 15.0. The predicted octanol–water partition coefficient (Wildman–Crippen LogP) is 4.72. The van der Waals surface area contributed by atoms with Crippen molar-refractivity contribution in [1.29, 1.82) is 0 Å². The summed E-state index contributed by atoms with van der Waals surface area (Å²) in [6, 6.07) is 17.3. The van der Waals surface area contributed by atoms with Gasteiger partial charge in [0.1, 0.15) is 5.76 Å². The van der Waals surface area contributed by atoms with Gasteiger partial charge in [0.25, 0.3) is 5.91 Å². The second kappa shape index (κ2) is 9.61. The number of sulfonamides is 1. The molecule has 0 fully saturated rings. The van der Waals surface area contributed by atoms with Crippen molar-refractivity contribution >= 4 is 38.6 Å². The van der Waals surface area contributed by atoms with Gasteiger partial charge >= 0.3 is 0 Å². The van der Waals surface area contributed by atoms with Crippen LogP contribution in [0.4, 0.5) is 0 Å². The highest BCUT2D eigenvalue weighted by Gasteiger charge is 2.20. The Hall–Kier alpha value is -2.72. The van der Waals surface area contributed by atoms with Gasteiger partial charge in [0.05, 0.1) is 30.8 Å². The Bertz CT molecular complexity index is 1160. The first-order valence-electron chi connectivity index (χ1n) is 9.47. The third kappa shape index (κ3) is 5.50. The maximum absolute atomic E-state index is 13.2. The maximum Gasteiger partial charge on any atom is 0.254 e. The molecule has 0 radical (unpaired) electrons. The second-order valence-corrected chi connectivity index (χ2v) is 10.6. The Morgan fingerprint density at radius 1 is 0.903 bits per heavy atom. The number of hydrogen-bond donors (Lipinski definition) is 1. The number of carbonyl (C=O) groups is 1. The van der Waals surface area contributed by atoms with Crippen molar-refractivity contribution in [3.63, 3.8) is 0 Å². The number of carbonyl (C=O) groups excluding carboxylic acids is 1. The summed E-state index contributed by atoms with van der Waals surface area (Å²) < 4.78 is 32.7. The highest BCUT2D eigenvalue weighted by molar-refractivity contribution is 7.89. The standard InChI is InChI=1S/C22H20N2O4S3/c25-22(24(15-19-5-2-12-29-19)16-20-6-3-13-30-20)17-7-9-21(10-8-17)31(26,27)23-14-18-4-1-11-28-18/h1-13,23H,14-16H2. The maximum atomic E-state index is 13.2. The van der Waals surface area contributed by atoms with E-state index in [1.165, 1.54) is 18.4 Å². The summed E-state index contributed by atoms with van der Waals surface area (Å²) in [6.07, 6.45) is 1.49. The first kappa shape index (κ1) is 21.5. The van der Waals surface area contributed by atoms with Gasteiger partial charge in [-0.3, -0.25) is 4.79 Å². The van der Waals surface area contributed by atoms with E-state index in [4.69, 9.17) is 4.42 Å². The van der Waals surface area contributed by atoms with E-state index in [1.54, 1.807) is 51.8 Å². The van der Waals surface area contributed by atoms with Crippen LogP contribution in [0.1, 0.15) is 25.9 Å². The average Bonchev–Trinajstić information content (AvgIpc) is 3.55. The molecule has 1 aromatic carbocycles. The fourth-order valence-corrected chi connectivity index (χ4v) is 5.43. The van der Waals surface area contributed by atoms with Crippen molar-refractivity contribution < 1.29 is 17.6 Å². The normalized spacial score (nSPS) is 11.5. The van der Waals surface area contributed by atoms with Crippen LogP contribution in [0.3, 0.4) is 0 Å². The van der Waals surface area contributed by atoms with Gasteiger partial charge in [-0.2, -0.15) is 0 Å². The van der Waals surface area contributed by atoms with Crippen molar-refractivity contribution in [2.45, 2.75) is 24.5 Å². The molecule has 9 heteroatoms. The summed E-state index contributed by atoms with van der Waals surface area (Å²) in [5.41, 5.74) is 0.443.